The third-order valence-corrected chi connectivity index (χ3v) is 3.10. The number of nitrogens with one attached hydrogen (secondary N) is 2. The predicted octanol–water partition coefficient (Wildman–Crippen LogP) is 2.27. The van der Waals surface area contributed by atoms with Gasteiger partial charge in [-0.15, -0.1) is 0 Å². The molecule has 0 unspecified atom stereocenters. The predicted molar refractivity (Wildman–Crippen MR) is 65.8 cm³/mol. The van der Waals surface area contributed by atoms with Gasteiger partial charge in [0.15, 0.2) is 0 Å². The number of nitriles is 1. The lowest BCUT2D eigenvalue weighted by Crippen LogP contribution is -2.35. The summed E-state index contributed by atoms with van der Waals surface area (Å²) in [6.07, 6.45) is -2.97. The molecule has 1 saturated heterocycles. The fourth-order valence-corrected chi connectivity index (χ4v) is 2.05. The lowest BCUT2D eigenvalue weighted by molar-refractivity contribution is -0.137. The molecule has 1 aliphatic heterocycles. The highest BCUT2D eigenvalue weighted by Crippen LogP contribution is 2.31. The van der Waals surface area contributed by atoms with Crippen molar-refractivity contribution in [2.24, 2.45) is 0 Å². The van der Waals surface area contributed by atoms with Crippen molar-refractivity contribution in [3.63, 3.8) is 0 Å². The maximum Gasteiger partial charge on any atom is 0.416 e. The van der Waals surface area contributed by atoms with Crippen molar-refractivity contribution in [2.45, 2.75) is 25.1 Å². The summed E-state index contributed by atoms with van der Waals surface area (Å²) in [5, 5.41) is 14.4. The Balaban J connectivity index is 2.20. The lowest BCUT2D eigenvalue weighted by atomic mass is 10.1. The van der Waals surface area contributed by atoms with E-state index in [9.17, 15) is 18.0 Å². The van der Waals surface area contributed by atoms with Crippen LogP contribution < -0.4 is 10.6 Å². The van der Waals surface area contributed by atoms with Crippen LogP contribution in [0, 0.1) is 11.3 Å². The number of benzene rings is 1. The smallest absolute Gasteiger partial charge is 0.324 e. The van der Waals surface area contributed by atoms with Crippen LogP contribution in [0.5, 0.6) is 0 Å². The molecule has 7 heteroatoms. The molecule has 0 spiro atoms. The third kappa shape index (κ3) is 3.08. The summed E-state index contributed by atoms with van der Waals surface area (Å²) in [6, 6.07) is 4.00. The SMILES string of the molecule is N#Cc1cc(C(F)(F)F)ccc1NC(=O)[C@@H]1CCCN1. The molecule has 2 N–H and O–H groups in total. The number of amides is 1. The molecule has 0 bridgehead atoms. The second-order valence-electron chi connectivity index (χ2n) is 4.51. The van der Waals surface area contributed by atoms with Gasteiger partial charge in [-0.25, -0.2) is 0 Å². The number of alkyl halides is 3. The molecule has 1 aromatic carbocycles. The average molecular weight is 283 g/mol. The van der Waals surface area contributed by atoms with Crippen LogP contribution in [-0.2, 0) is 11.0 Å². The van der Waals surface area contributed by atoms with Crippen LogP contribution in [0.4, 0.5) is 18.9 Å². The molecule has 0 saturated carbocycles. The Labute approximate surface area is 113 Å². The van der Waals surface area contributed by atoms with E-state index < -0.39 is 11.7 Å². The van der Waals surface area contributed by atoms with Gasteiger partial charge in [0.1, 0.15) is 6.07 Å². The molecular formula is C13H12F3N3O. The molecule has 1 aliphatic rings. The van der Waals surface area contributed by atoms with Crippen molar-refractivity contribution in [2.75, 3.05) is 11.9 Å². The average Bonchev–Trinajstić information content (AvgIpc) is 2.91. The molecule has 2 rings (SSSR count). The minimum atomic E-state index is -4.51. The summed E-state index contributed by atoms with van der Waals surface area (Å²) in [6.45, 7) is 0.732. The minimum absolute atomic E-state index is 0.0965. The first kappa shape index (κ1) is 14.3. The number of carbonyl (C=O) groups excluding carboxylic acids is 1. The van der Waals surface area contributed by atoms with E-state index in [-0.39, 0.29) is 23.2 Å². The number of hydrogen-bond acceptors (Lipinski definition) is 3. The lowest BCUT2D eigenvalue weighted by Gasteiger charge is -2.13. The van der Waals surface area contributed by atoms with Crippen molar-refractivity contribution >= 4 is 11.6 Å². The van der Waals surface area contributed by atoms with Crippen LogP contribution in [0.3, 0.4) is 0 Å². The van der Waals surface area contributed by atoms with Gasteiger partial charge in [0.2, 0.25) is 5.91 Å². The van der Waals surface area contributed by atoms with E-state index in [0.29, 0.717) is 6.42 Å². The monoisotopic (exact) mass is 283 g/mol. The van der Waals surface area contributed by atoms with Crippen LogP contribution in [0.1, 0.15) is 24.0 Å². The van der Waals surface area contributed by atoms with Gasteiger partial charge in [0.05, 0.1) is 22.9 Å². The topological polar surface area (TPSA) is 64.9 Å². The highest BCUT2D eigenvalue weighted by atomic mass is 19.4. The summed E-state index contributed by atoms with van der Waals surface area (Å²) < 4.78 is 37.6. The van der Waals surface area contributed by atoms with E-state index in [1.807, 2.05) is 0 Å². The Bertz CT molecular complexity index is 557. The summed E-state index contributed by atoms with van der Waals surface area (Å²) >= 11 is 0. The summed E-state index contributed by atoms with van der Waals surface area (Å²) in [5.41, 5.74) is -1.02. The second-order valence-corrected chi connectivity index (χ2v) is 4.51. The van der Waals surface area contributed by atoms with E-state index in [2.05, 4.69) is 10.6 Å². The molecule has 0 aromatic heterocycles. The highest BCUT2D eigenvalue weighted by molar-refractivity contribution is 5.96. The minimum Gasteiger partial charge on any atom is -0.324 e. The molecule has 1 atom stereocenters. The number of nitrogens with zero attached hydrogens (tertiary/aromatic N) is 1. The van der Waals surface area contributed by atoms with E-state index in [0.717, 1.165) is 31.2 Å². The third-order valence-electron chi connectivity index (χ3n) is 3.10. The number of anilines is 1. The van der Waals surface area contributed by atoms with Crippen LogP contribution in [0.25, 0.3) is 0 Å². The first-order valence-corrected chi connectivity index (χ1v) is 6.07. The second kappa shape index (κ2) is 5.51. The van der Waals surface area contributed by atoms with Gasteiger partial charge in [-0.05, 0) is 37.6 Å². The van der Waals surface area contributed by atoms with Crippen molar-refractivity contribution < 1.29 is 18.0 Å². The zero-order valence-corrected chi connectivity index (χ0v) is 10.4. The van der Waals surface area contributed by atoms with Crippen molar-refractivity contribution in [3.8, 4) is 6.07 Å². The Morgan fingerprint density at radius 3 is 2.75 bits per heavy atom. The van der Waals surface area contributed by atoms with Gasteiger partial charge in [-0.1, -0.05) is 0 Å². The molecule has 0 aliphatic carbocycles. The van der Waals surface area contributed by atoms with Crippen LogP contribution >= 0.6 is 0 Å². The number of carbonyl (C=O) groups is 1. The van der Waals surface area contributed by atoms with Crippen molar-refractivity contribution in [1.29, 1.82) is 5.26 Å². The zero-order chi connectivity index (χ0) is 14.8. The van der Waals surface area contributed by atoms with Gasteiger partial charge in [0, 0.05) is 0 Å². The fraction of sp³-hybridized carbons (Fsp3) is 0.385. The van der Waals surface area contributed by atoms with Crippen molar-refractivity contribution in [1.82, 2.24) is 5.32 Å². The molecule has 106 valence electrons. The summed E-state index contributed by atoms with van der Waals surface area (Å²) in [5.74, 6) is -0.334. The van der Waals surface area contributed by atoms with Crippen LogP contribution in [0.15, 0.2) is 18.2 Å². The van der Waals surface area contributed by atoms with Gasteiger partial charge in [-0.3, -0.25) is 4.79 Å². The molecule has 0 radical (unpaired) electrons. The van der Waals surface area contributed by atoms with Crippen LogP contribution in [0.2, 0.25) is 0 Å². The Morgan fingerprint density at radius 2 is 2.20 bits per heavy atom. The zero-order valence-electron chi connectivity index (χ0n) is 10.4. The van der Waals surface area contributed by atoms with Gasteiger partial charge < -0.3 is 10.6 Å². The molecule has 4 nitrogen and oxygen atoms in total. The molecule has 1 aromatic rings. The molecule has 1 amide bonds. The van der Waals surface area contributed by atoms with Gasteiger partial charge >= 0.3 is 6.18 Å². The number of hydrogen-bond donors (Lipinski definition) is 2. The quantitative estimate of drug-likeness (QED) is 0.875. The first-order chi connectivity index (χ1) is 9.41. The summed E-state index contributed by atoms with van der Waals surface area (Å²) in [4.78, 5) is 11.9. The maximum atomic E-state index is 12.5. The summed E-state index contributed by atoms with van der Waals surface area (Å²) in [7, 11) is 0. The molecule has 20 heavy (non-hydrogen) atoms. The van der Waals surface area contributed by atoms with Gasteiger partial charge in [-0.2, -0.15) is 18.4 Å². The fourth-order valence-electron chi connectivity index (χ4n) is 2.05. The van der Waals surface area contributed by atoms with E-state index in [1.54, 1.807) is 6.07 Å². The molecular weight excluding hydrogens is 271 g/mol. The number of rotatable bonds is 2. The van der Waals surface area contributed by atoms with Gasteiger partial charge in [0.25, 0.3) is 0 Å². The standard InChI is InChI=1S/C13H12F3N3O/c14-13(15,16)9-3-4-10(8(6-9)7-17)19-12(20)11-2-1-5-18-11/h3-4,6,11,18H,1-2,5H2,(H,19,20)/t11-/m0/s1. The Morgan fingerprint density at radius 1 is 1.45 bits per heavy atom. The normalized spacial score (nSPS) is 18.6. The number of halogens is 3. The van der Waals surface area contributed by atoms with E-state index >= 15 is 0 Å². The highest BCUT2D eigenvalue weighted by Gasteiger charge is 2.31. The molecule has 1 heterocycles. The van der Waals surface area contributed by atoms with Crippen LogP contribution in [-0.4, -0.2) is 18.5 Å². The Kier molecular flexibility index (Phi) is 3.95. The van der Waals surface area contributed by atoms with E-state index in [1.165, 1.54) is 0 Å². The maximum absolute atomic E-state index is 12.5. The largest absolute Gasteiger partial charge is 0.416 e. The Hall–Kier alpha value is -2.07. The molecule has 1 fully saturated rings. The van der Waals surface area contributed by atoms with Crippen molar-refractivity contribution in [3.05, 3.63) is 29.3 Å². The van der Waals surface area contributed by atoms with E-state index in [4.69, 9.17) is 5.26 Å². The first-order valence-electron chi connectivity index (χ1n) is 6.07.